The first-order valence-electron chi connectivity index (χ1n) is 9.96. The molecule has 1 N–H and O–H groups in total. The normalized spacial score (nSPS) is 12.7. The summed E-state index contributed by atoms with van der Waals surface area (Å²) in [7, 11) is 1.99. The Kier molecular flexibility index (Phi) is 5.32. The minimum atomic E-state index is 0.596. The van der Waals surface area contributed by atoms with Crippen molar-refractivity contribution in [1.82, 2.24) is 14.8 Å². The Morgan fingerprint density at radius 1 is 1.10 bits per heavy atom. The molecule has 0 spiro atoms. The third-order valence-electron chi connectivity index (χ3n) is 4.82. The number of nitrogens with one attached hydrogen (secondary N) is 1. The van der Waals surface area contributed by atoms with E-state index in [1.165, 1.54) is 10.9 Å². The zero-order valence-corrected chi connectivity index (χ0v) is 18.3. The van der Waals surface area contributed by atoms with Crippen LogP contribution in [0.2, 0.25) is 0 Å². The van der Waals surface area contributed by atoms with Gasteiger partial charge < -0.3 is 14.8 Å². The van der Waals surface area contributed by atoms with Crippen LogP contribution in [0.4, 0.5) is 5.82 Å². The first-order valence-corrected chi connectivity index (χ1v) is 10.8. The monoisotopic (exact) mass is 410 g/mol. The van der Waals surface area contributed by atoms with Crippen LogP contribution in [0.5, 0.6) is 11.5 Å². The summed E-state index contributed by atoms with van der Waals surface area (Å²) in [5, 5.41) is 9.38. The highest BCUT2D eigenvalue weighted by molar-refractivity contribution is 7.26. The van der Waals surface area contributed by atoms with Crippen LogP contribution in [0.3, 0.4) is 0 Å². The highest BCUT2D eigenvalue weighted by Crippen LogP contribution is 2.39. The molecule has 5 rings (SSSR count). The molecule has 0 unspecified atom stereocenters. The Bertz CT molecular complexity index is 1180. The standard InChI is InChI=1S/C20H20N4O2S.C2H6/c1-11-8-12(2)22-20-16(11)17-18(27-20)19(23-24(17)3)21-10-13-4-5-14-15(9-13)26-7-6-25-14;1-2/h4-5,8-9H,6-7,10H2,1-3H3,(H,21,23);1-2H3. The van der Waals surface area contributed by atoms with Crippen LogP contribution in [0.25, 0.3) is 20.4 Å². The Morgan fingerprint density at radius 3 is 2.66 bits per heavy atom. The summed E-state index contributed by atoms with van der Waals surface area (Å²) >= 11 is 1.69. The molecule has 1 aliphatic rings. The lowest BCUT2D eigenvalue weighted by atomic mass is 10.1. The lowest BCUT2D eigenvalue weighted by Gasteiger charge is -2.18. The van der Waals surface area contributed by atoms with E-state index in [9.17, 15) is 0 Å². The lowest BCUT2D eigenvalue weighted by molar-refractivity contribution is 0.171. The van der Waals surface area contributed by atoms with Crippen molar-refractivity contribution in [2.45, 2.75) is 34.2 Å². The Labute approximate surface area is 174 Å². The van der Waals surface area contributed by atoms with Gasteiger partial charge in [0, 0.05) is 24.7 Å². The molecule has 1 aliphatic heterocycles. The van der Waals surface area contributed by atoms with E-state index in [-0.39, 0.29) is 0 Å². The molecular formula is C22H26N4O2S. The maximum absolute atomic E-state index is 5.68. The van der Waals surface area contributed by atoms with Gasteiger partial charge >= 0.3 is 0 Å². The summed E-state index contributed by atoms with van der Waals surface area (Å²) in [5.74, 6) is 2.51. The fourth-order valence-corrected chi connectivity index (χ4v) is 4.92. The molecule has 0 saturated carbocycles. The molecule has 4 aromatic rings. The molecule has 0 saturated heterocycles. The lowest BCUT2D eigenvalue weighted by Crippen LogP contribution is -2.15. The highest BCUT2D eigenvalue weighted by Gasteiger charge is 2.18. The van der Waals surface area contributed by atoms with Gasteiger partial charge in [0.2, 0.25) is 0 Å². The van der Waals surface area contributed by atoms with E-state index in [1.807, 2.05) is 44.6 Å². The van der Waals surface area contributed by atoms with Gasteiger partial charge in [-0.15, -0.1) is 11.3 Å². The number of pyridine rings is 1. The second-order valence-electron chi connectivity index (χ2n) is 6.84. The molecule has 6 nitrogen and oxygen atoms in total. The number of thiophene rings is 1. The third kappa shape index (κ3) is 3.51. The average molecular weight is 411 g/mol. The topological polar surface area (TPSA) is 61.2 Å². The van der Waals surface area contributed by atoms with Crippen molar-refractivity contribution >= 4 is 37.6 Å². The van der Waals surface area contributed by atoms with Crippen LogP contribution in [0, 0.1) is 13.8 Å². The highest BCUT2D eigenvalue weighted by atomic mass is 32.1. The first kappa shape index (κ1) is 19.5. The summed E-state index contributed by atoms with van der Waals surface area (Å²) in [6, 6.07) is 8.18. The van der Waals surface area contributed by atoms with Crippen molar-refractivity contribution in [3.8, 4) is 11.5 Å². The van der Waals surface area contributed by atoms with E-state index >= 15 is 0 Å². The summed E-state index contributed by atoms with van der Waals surface area (Å²) < 4.78 is 14.4. The minimum absolute atomic E-state index is 0.596. The van der Waals surface area contributed by atoms with Crippen LogP contribution in [0.15, 0.2) is 24.3 Å². The number of anilines is 1. The number of nitrogens with zero attached hydrogens (tertiary/aromatic N) is 3. The SMILES string of the molecule is CC.Cc1cc(C)c2c(n1)sc1c(NCc3ccc4c(c3)OCCO4)nn(C)c12. The van der Waals surface area contributed by atoms with Crippen molar-refractivity contribution in [3.63, 3.8) is 0 Å². The van der Waals surface area contributed by atoms with Gasteiger partial charge in [0.1, 0.15) is 18.0 Å². The second-order valence-corrected chi connectivity index (χ2v) is 7.84. The molecule has 0 radical (unpaired) electrons. The zero-order chi connectivity index (χ0) is 20.5. The fourth-order valence-electron chi connectivity index (χ4n) is 3.64. The van der Waals surface area contributed by atoms with Gasteiger partial charge in [0.25, 0.3) is 0 Å². The molecule has 0 amide bonds. The molecule has 0 aliphatic carbocycles. The summed E-state index contributed by atoms with van der Waals surface area (Å²) in [4.78, 5) is 5.78. The maximum atomic E-state index is 5.68. The zero-order valence-electron chi connectivity index (χ0n) is 17.5. The molecule has 0 atom stereocenters. The largest absolute Gasteiger partial charge is 0.486 e. The first-order chi connectivity index (χ1) is 14.1. The van der Waals surface area contributed by atoms with Gasteiger partial charge in [-0.1, -0.05) is 19.9 Å². The van der Waals surface area contributed by atoms with Gasteiger partial charge in [0.05, 0.1) is 10.2 Å². The van der Waals surface area contributed by atoms with E-state index < -0.39 is 0 Å². The molecule has 0 fully saturated rings. The predicted molar refractivity (Wildman–Crippen MR) is 119 cm³/mol. The second kappa shape index (κ2) is 7.91. The van der Waals surface area contributed by atoms with Crippen molar-refractivity contribution < 1.29 is 9.47 Å². The summed E-state index contributed by atoms with van der Waals surface area (Å²) in [6.45, 7) is 10.0. The number of aryl methyl sites for hydroxylation is 3. The van der Waals surface area contributed by atoms with Crippen molar-refractivity contribution in [1.29, 1.82) is 0 Å². The van der Waals surface area contributed by atoms with Crippen molar-refractivity contribution in [3.05, 3.63) is 41.1 Å². The molecule has 152 valence electrons. The molecule has 29 heavy (non-hydrogen) atoms. The number of rotatable bonds is 3. The predicted octanol–water partition coefficient (Wildman–Crippen LogP) is 5.21. The summed E-state index contributed by atoms with van der Waals surface area (Å²) in [6.07, 6.45) is 0. The van der Waals surface area contributed by atoms with Gasteiger partial charge in [-0.05, 0) is 43.2 Å². The fraction of sp³-hybridized carbons (Fsp3) is 0.364. The molecule has 3 aromatic heterocycles. The van der Waals surface area contributed by atoms with Crippen molar-refractivity contribution in [2.24, 2.45) is 7.05 Å². The third-order valence-corrected chi connectivity index (χ3v) is 5.90. The van der Waals surface area contributed by atoms with Crippen LogP contribution in [-0.4, -0.2) is 28.0 Å². The van der Waals surface area contributed by atoms with Gasteiger partial charge in [-0.2, -0.15) is 5.10 Å². The molecular weight excluding hydrogens is 384 g/mol. The van der Waals surface area contributed by atoms with E-state index in [4.69, 9.17) is 19.6 Å². The average Bonchev–Trinajstić information content (AvgIpc) is 3.25. The van der Waals surface area contributed by atoms with E-state index in [2.05, 4.69) is 24.4 Å². The molecule has 0 bridgehead atoms. The van der Waals surface area contributed by atoms with E-state index in [0.717, 1.165) is 43.6 Å². The van der Waals surface area contributed by atoms with Gasteiger partial charge in [0.15, 0.2) is 17.3 Å². The molecule has 4 heterocycles. The van der Waals surface area contributed by atoms with E-state index in [0.29, 0.717) is 19.8 Å². The Balaban J connectivity index is 0.000000994. The van der Waals surface area contributed by atoms with Gasteiger partial charge in [-0.3, -0.25) is 4.68 Å². The molecule has 7 heteroatoms. The summed E-state index contributed by atoms with van der Waals surface area (Å²) in [5.41, 5.74) is 4.56. The van der Waals surface area contributed by atoms with Crippen LogP contribution in [0.1, 0.15) is 30.7 Å². The van der Waals surface area contributed by atoms with Crippen LogP contribution >= 0.6 is 11.3 Å². The molecule has 1 aromatic carbocycles. The van der Waals surface area contributed by atoms with Gasteiger partial charge in [-0.25, -0.2) is 4.98 Å². The number of hydrogen-bond donors (Lipinski definition) is 1. The Morgan fingerprint density at radius 2 is 1.86 bits per heavy atom. The Hall–Kier alpha value is -2.80. The van der Waals surface area contributed by atoms with Crippen LogP contribution in [-0.2, 0) is 13.6 Å². The number of aromatic nitrogens is 3. The van der Waals surface area contributed by atoms with E-state index in [1.54, 1.807) is 11.3 Å². The quantitative estimate of drug-likeness (QED) is 0.502. The van der Waals surface area contributed by atoms with Crippen molar-refractivity contribution in [2.75, 3.05) is 18.5 Å². The number of benzene rings is 1. The number of ether oxygens (including phenoxy) is 2. The minimum Gasteiger partial charge on any atom is -0.486 e. The smallest absolute Gasteiger partial charge is 0.166 e. The maximum Gasteiger partial charge on any atom is 0.166 e. The number of fused-ring (bicyclic) bond motifs is 4. The number of hydrogen-bond acceptors (Lipinski definition) is 6. The van der Waals surface area contributed by atoms with Crippen LogP contribution < -0.4 is 14.8 Å².